The Kier molecular flexibility index (Phi) is 9.19. The third-order valence-corrected chi connectivity index (χ3v) is 1.88. The van der Waals surface area contributed by atoms with Crippen LogP contribution in [-0.2, 0) is 0 Å². The smallest absolute Gasteiger partial charge is 1.00 e. The number of hydrogen-bond donors (Lipinski definition) is 1. The maximum atomic E-state index is 8.69. The van der Waals surface area contributed by atoms with E-state index < -0.39 is 0 Å². The number of likely N-dealkylation sites (N-methyl/N-ethyl adjacent to an activating group) is 1. The molecule has 56 valence electrons. The van der Waals surface area contributed by atoms with E-state index in [0.29, 0.717) is 12.6 Å². The number of aliphatic hydroxyl groups excluding tert-OH is 1. The summed E-state index contributed by atoms with van der Waals surface area (Å²) in [7, 11) is 2.06. The molecule has 0 aromatic carbocycles. The predicted molar refractivity (Wildman–Crippen MR) is 43.8 cm³/mol. The molecule has 0 aliphatic carbocycles. The van der Waals surface area contributed by atoms with Crippen molar-refractivity contribution in [2.24, 2.45) is 0 Å². The van der Waals surface area contributed by atoms with Crippen molar-refractivity contribution < 1.29 is 25.4 Å². The first-order valence-corrected chi connectivity index (χ1v) is 3.15. The van der Waals surface area contributed by atoms with Crippen LogP contribution in [0, 0.1) is 0 Å². The van der Waals surface area contributed by atoms with Crippen LogP contribution in [0.5, 0.6) is 0 Å². The van der Waals surface area contributed by atoms with Gasteiger partial charge in [0, 0.05) is 6.04 Å². The Morgan fingerprint density at radius 1 is 1.70 bits per heavy atom. The minimum Gasteiger partial charge on any atom is -1.00 e. The minimum absolute atomic E-state index is 0. The number of aliphatic hydroxyl groups is 1. The van der Waals surface area contributed by atoms with Crippen LogP contribution >= 0.6 is 0 Å². The second-order valence-electron chi connectivity index (χ2n) is 2.46. The normalized spacial score (nSPS) is 25.2. The molecule has 1 atom stereocenters. The van der Waals surface area contributed by atoms with E-state index in [1.807, 2.05) is 0 Å². The van der Waals surface area contributed by atoms with E-state index >= 15 is 0 Å². The molecule has 0 amide bonds. The van der Waals surface area contributed by atoms with Gasteiger partial charge in [0.1, 0.15) is 0 Å². The summed E-state index contributed by atoms with van der Waals surface area (Å²) in [6.07, 6.45) is 2.43. The molecule has 1 N–H and O–H groups in total. The largest absolute Gasteiger partial charge is 1.00 e. The van der Waals surface area contributed by atoms with Crippen molar-refractivity contribution >= 4 is 17.4 Å². The van der Waals surface area contributed by atoms with E-state index in [1.54, 1.807) is 0 Å². The van der Waals surface area contributed by atoms with Crippen molar-refractivity contribution in [1.82, 2.24) is 4.90 Å². The molecule has 1 fully saturated rings. The van der Waals surface area contributed by atoms with Gasteiger partial charge in [-0.05, 0) is 26.4 Å². The quantitative estimate of drug-likeness (QED) is 0.388. The number of nitrogens with zero attached hydrogens (tertiary/aromatic N) is 1. The minimum atomic E-state index is 0. The molecule has 10 heavy (non-hydrogen) atoms. The Balaban J connectivity index is -0.000000213. The van der Waals surface area contributed by atoms with Crippen LogP contribution in [0.2, 0.25) is 0 Å². The van der Waals surface area contributed by atoms with Gasteiger partial charge in [-0.15, -0.1) is 0 Å². The van der Waals surface area contributed by atoms with Gasteiger partial charge in [0.05, 0.1) is 6.61 Å². The van der Waals surface area contributed by atoms with Crippen molar-refractivity contribution in [1.29, 1.82) is 0 Å². The summed E-state index contributed by atoms with van der Waals surface area (Å²) >= 11 is 0. The zero-order valence-electron chi connectivity index (χ0n) is 7.30. The van der Waals surface area contributed by atoms with Gasteiger partial charge in [-0.1, -0.05) is 0 Å². The average Bonchev–Trinajstić information content (AvgIpc) is 2.14. The van der Waals surface area contributed by atoms with E-state index in [9.17, 15) is 0 Å². The van der Waals surface area contributed by atoms with Gasteiger partial charge in [-0.3, -0.25) is 0 Å². The van der Waals surface area contributed by atoms with Gasteiger partial charge in [0.15, 0.2) is 17.4 Å². The zero-order valence-corrected chi connectivity index (χ0v) is 6.30. The second kappa shape index (κ2) is 6.74. The van der Waals surface area contributed by atoms with Crippen molar-refractivity contribution in [2.45, 2.75) is 18.9 Å². The first-order valence-electron chi connectivity index (χ1n) is 3.15. The van der Waals surface area contributed by atoms with Gasteiger partial charge < -0.3 is 11.4 Å². The maximum absolute atomic E-state index is 8.69. The fraction of sp³-hybridized carbons (Fsp3) is 1.00. The van der Waals surface area contributed by atoms with Gasteiger partial charge in [0.2, 0.25) is 0 Å². The Hall–Kier alpha value is 1.05. The molecule has 0 saturated carbocycles. The molecule has 0 radical (unpaired) electrons. The average molecular weight is 153 g/mol. The van der Waals surface area contributed by atoms with Crippen molar-refractivity contribution in [3.63, 3.8) is 0 Å². The summed E-state index contributed by atoms with van der Waals surface area (Å²) < 4.78 is 0. The molecule has 1 aliphatic heterocycles. The number of hydrogen-bond acceptors (Lipinski definition) is 2. The van der Waals surface area contributed by atoms with Crippen molar-refractivity contribution in [2.75, 3.05) is 20.2 Å². The van der Waals surface area contributed by atoms with Crippen LogP contribution in [0.4, 0.5) is 0 Å². The van der Waals surface area contributed by atoms with Gasteiger partial charge in [-0.25, -0.2) is 0 Å². The van der Waals surface area contributed by atoms with Crippen LogP contribution in [0.25, 0.3) is 0 Å². The summed E-state index contributed by atoms with van der Waals surface area (Å²) in [6, 6.07) is 0.454. The molecule has 0 unspecified atom stereocenters. The SMILES string of the molecule is CN1CCC[C@@H]1CO.[AlH3].[H-].[Li+]. The first-order chi connectivity index (χ1) is 3.84. The van der Waals surface area contributed by atoms with Crippen molar-refractivity contribution in [3.05, 3.63) is 0 Å². The van der Waals surface area contributed by atoms with E-state index in [4.69, 9.17) is 5.11 Å². The Bertz CT molecular complexity index is 89.0. The molecule has 0 spiro atoms. The van der Waals surface area contributed by atoms with Crippen LogP contribution in [0.1, 0.15) is 14.3 Å². The molecule has 2 nitrogen and oxygen atoms in total. The molecular weight excluding hydrogens is 136 g/mol. The molecule has 1 aliphatic rings. The molecule has 4 heteroatoms. The summed E-state index contributed by atoms with van der Waals surface area (Å²) in [6.45, 7) is 1.49. The van der Waals surface area contributed by atoms with E-state index in [1.165, 1.54) is 12.8 Å². The van der Waals surface area contributed by atoms with Crippen LogP contribution < -0.4 is 18.9 Å². The third-order valence-electron chi connectivity index (χ3n) is 1.88. The van der Waals surface area contributed by atoms with E-state index in [2.05, 4.69) is 11.9 Å². The monoisotopic (exact) mass is 153 g/mol. The Morgan fingerprint density at radius 3 is 2.50 bits per heavy atom. The van der Waals surface area contributed by atoms with E-state index in [0.717, 1.165) is 6.54 Å². The Labute approximate surface area is 86.8 Å². The van der Waals surface area contributed by atoms with E-state index in [-0.39, 0.29) is 37.6 Å². The topological polar surface area (TPSA) is 23.5 Å². The fourth-order valence-electron chi connectivity index (χ4n) is 1.21. The molecule has 0 aromatic rings. The third kappa shape index (κ3) is 3.44. The zero-order chi connectivity index (χ0) is 5.98. The van der Waals surface area contributed by atoms with Gasteiger partial charge in [0.25, 0.3) is 0 Å². The molecular formula is C6H17AlLiNO. The molecule has 1 saturated heterocycles. The molecule has 1 heterocycles. The number of rotatable bonds is 1. The molecule has 0 aromatic heterocycles. The summed E-state index contributed by atoms with van der Waals surface area (Å²) in [4.78, 5) is 2.21. The van der Waals surface area contributed by atoms with Crippen LogP contribution in [0.3, 0.4) is 0 Å². The van der Waals surface area contributed by atoms with Crippen molar-refractivity contribution in [3.8, 4) is 0 Å². The molecule has 1 rings (SSSR count). The van der Waals surface area contributed by atoms with Crippen LogP contribution in [-0.4, -0.2) is 53.6 Å². The summed E-state index contributed by atoms with van der Waals surface area (Å²) in [5.74, 6) is 0. The molecule has 0 bridgehead atoms. The standard InChI is InChI=1S/C6H13NO.Al.Li.4H/c1-7-4-2-3-6(7)5-8;;;;;;/h6,8H,2-5H2,1H3;;;;;;/q;;+1;;;;-1/t6-;;;;;;/m1....../s1. The summed E-state index contributed by atoms with van der Waals surface area (Å²) in [5.41, 5.74) is 0. The van der Waals surface area contributed by atoms with Crippen LogP contribution in [0.15, 0.2) is 0 Å². The first kappa shape index (κ1) is 13.6. The summed E-state index contributed by atoms with van der Waals surface area (Å²) in [5, 5.41) is 8.69. The van der Waals surface area contributed by atoms with Gasteiger partial charge in [-0.2, -0.15) is 0 Å². The maximum Gasteiger partial charge on any atom is 1.00 e. The van der Waals surface area contributed by atoms with Gasteiger partial charge >= 0.3 is 18.9 Å². The Morgan fingerprint density at radius 2 is 2.30 bits per heavy atom. The predicted octanol–water partition coefficient (Wildman–Crippen LogP) is -3.99. The fourth-order valence-corrected chi connectivity index (χ4v) is 1.21. The second-order valence-corrected chi connectivity index (χ2v) is 2.46. The number of likely N-dealkylation sites (tertiary alicyclic amines) is 1.